The van der Waals surface area contributed by atoms with Crippen LogP contribution >= 0.6 is 0 Å². The predicted octanol–water partition coefficient (Wildman–Crippen LogP) is 4.49. The number of anilines is 2. The third-order valence-electron chi connectivity index (χ3n) is 8.25. The van der Waals surface area contributed by atoms with Crippen molar-refractivity contribution in [1.29, 1.82) is 0 Å². The lowest BCUT2D eigenvalue weighted by Gasteiger charge is -2.26. The molecule has 2 saturated carbocycles. The smallest absolute Gasteiger partial charge is 0.278 e. The van der Waals surface area contributed by atoms with Crippen molar-refractivity contribution >= 4 is 22.7 Å². The Morgan fingerprint density at radius 3 is 2.67 bits per heavy atom. The number of nitrogens with one attached hydrogen (secondary N) is 2. The molecule has 0 bridgehead atoms. The number of nitrogens with zero attached hydrogens (tertiary/aromatic N) is 5. The molecule has 0 unspecified atom stereocenters. The molecule has 36 heavy (non-hydrogen) atoms. The van der Waals surface area contributed by atoms with Crippen molar-refractivity contribution in [3.8, 4) is 5.82 Å². The topological polar surface area (TPSA) is 89.7 Å². The molecule has 2 fully saturated rings. The van der Waals surface area contributed by atoms with Gasteiger partial charge in [0.2, 0.25) is 5.95 Å². The van der Waals surface area contributed by atoms with E-state index in [2.05, 4.69) is 46.8 Å². The molecular weight excluding hydrogens is 450 g/mol. The number of benzene rings is 1. The van der Waals surface area contributed by atoms with Crippen molar-refractivity contribution in [2.45, 2.75) is 69.9 Å². The highest BCUT2D eigenvalue weighted by Crippen LogP contribution is 2.51. The summed E-state index contributed by atoms with van der Waals surface area (Å²) in [6.07, 6.45) is 6.44. The molecule has 8 nitrogen and oxygen atoms in total. The predicted molar refractivity (Wildman–Crippen MR) is 140 cm³/mol. The van der Waals surface area contributed by atoms with Crippen molar-refractivity contribution in [2.24, 2.45) is 0 Å². The van der Waals surface area contributed by atoms with Crippen molar-refractivity contribution < 1.29 is 0 Å². The van der Waals surface area contributed by atoms with E-state index in [1.165, 1.54) is 24.0 Å². The zero-order valence-corrected chi connectivity index (χ0v) is 21.0. The summed E-state index contributed by atoms with van der Waals surface area (Å²) in [6, 6.07) is 12.6. The van der Waals surface area contributed by atoms with Crippen molar-refractivity contribution in [3.63, 3.8) is 0 Å². The minimum Gasteiger partial charge on any atom is -0.324 e. The summed E-state index contributed by atoms with van der Waals surface area (Å²) in [5.41, 5.74) is 5.75. The van der Waals surface area contributed by atoms with Crippen LogP contribution < -0.4 is 16.2 Å². The second-order valence-corrected chi connectivity index (χ2v) is 11.3. The molecule has 4 aromatic rings. The third-order valence-corrected chi connectivity index (χ3v) is 8.25. The van der Waals surface area contributed by atoms with Crippen LogP contribution in [0.3, 0.4) is 0 Å². The maximum absolute atomic E-state index is 13.4. The molecule has 1 aromatic carbocycles. The van der Waals surface area contributed by atoms with Gasteiger partial charge in [0.15, 0.2) is 11.5 Å². The van der Waals surface area contributed by atoms with Crippen LogP contribution in [-0.4, -0.2) is 30.9 Å². The first-order valence-electron chi connectivity index (χ1n) is 13.0. The number of fused-ring (bicyclic) bond motifs is 3. The highest BCUT2D eigenvalue weighted by atomic mass is 16.1. The van der Waals surface area contributed by atoms with Crippen LogP contribution in [-0.2, 0) is 17.4 Å². The van der Waals surface area contributed by atoms with E-state index < -0.39 is 0 Å². The molecule has 0 radical (unpaired) electrons. The maximum Gasteiger partial charge on any atom is 0.278 e. The highest BCUT2D eigenvalue weighted by Gasteiger charge is 2.46. The van der Waals surface area contributed by atoms with Crippen molar-refractivity contribution in [1.82, 2.24) is 29.6 Å². The SMILES string of the molecule is CC(C)n1c(=O)c2cnc(Nc3ccc4c(c3)CNCC43CC3)nc2n1-c1cccc(C2(C)CC2)n1. The number of hydrogen-bond acceptors (Lipinski definition) is 6. The molecule has 4 heterocycles. The van der Waals surface area contributed by atoms with Gasteiger partial charge in [-0.15, -0.1) is 0 Å². The Balaban J connectivity index is 1.31. The molecule has 0 saturated heterocycles. The fraction of sp³-hybridized carbons (Fsp3) is 0.429. The fourth-order valence-electron chi connectivity index (χ4n) is 5.66. The molecule has 0 amide bonds. The Hall–Kier alpha value is -3.52. The first-order valence-corrected chi connectivity index (χ1v) is 13.0. The van der Waals surface area contributed by atoms with Crippen LogP contribution in [0.25, 0.3) is 16.9 Å². The molecular formula is C28H31N7O. The Morgan fingerprint density at radius 2 is 1.92 bits per heavy atom. The average Bonchev–Trinajstić information content (AvgIpc) is 3.79. The second kappa shape index (κ2) is 7.49. The summed E-state index contributed by atoms with van der Waals surface area (Å²) < 4.78 is 3.59. The van der Waals surface area contributed by atoms with Gasteiger partial charge >= 0.3 is 0 Å². The molecule has 3 aliphatic rings. The van der Waals surface area contributed by atoms with Crippen LogP contribution in [0.15, 0.2) is 47.4 Å². The van der Waals surface area contributed by atoms with Crippen LogP contribution in [0.5, 0.6) is 0 Å². The highest BCUT2D eigenvalue weighted by molar-refractivity contribution is 5.77. The quantitative estimate of drug-likeness (QED) is 0.437. The van der Waals surface area contributed by atoms with E-state index in [1.54, 1.807) is 10.9 Å². The molecule has 0 atom stereocenters. The lowest BCUT2D eigenvalue weighted by Crippen LogP contribution is -2.33. The standard InChI is InChI=1S/C28H31N7O/c1-17(2)34-25(36)20-15-30-26(31-19-7-8-21-18(13-19)14-29-16-28(21)11-12-28)33-24(20)35(34)23-6-4-5-22(32-23)27(3)9-10-27/h4-8,13,15,17,29H,9-12,14,16H2,1-3H3,(H,30,31,33). The van der Waals surface area contributed by atoms with Crippen molar-refractivity contribution in [3.05, 3.63) is 69.8 Å². The Labute approximate surface area is 209 Å². The van der Waals surface area contributed by atoms with E-state index >= 15 is 0 Å². The Morgan fingerprint density at radius 1 is 1.08 bits per heavy atom. The van der Waals surface area contributed by atoms with Gasteiger partial charge in [0, 0.05) is 47.5 Å². The summed E-state index contributed by atoms with van der Waals surface area (Å²) >= 11 is 0. The fourth-order valence-corrected chi connectivity index (χ4v) is 5.66. The molecule has 7 rings (SSSR count). The maximum atomic E-state index is 13.4. The largest absolute Gasteiger partial charge is 0.324 e. The van der Waals surface area contributed by atoms with Crippen LogP contribution in [0.2, 0.25) is 0 Å². The molecule has 184 valence electrons. The number of hydrogen-bond donors (Lipinski definition) is 2. The number of rotatable bonds is 5. The average molecular weight is 482 g/mol. The summed E-state index contributed by atoms with van der Waals surface area (Å²) in [6.45, 7) is 8.20. The summed E-state index contributed by atoms with van der Waals surface area (Å²) in [5, 5.41) is 7.44. The second-order valence-electron chi connectivity index (χ2n) is 11.3. The van der Waals surface area contributed by atoms with Crippen LogP contribution in [0, 0.1) is 0 Å². The minimum absolute atomic E-state index is 0.0621. The van der Waals surface area contributed by atoms with Gasteiger partial charge in [0.05, 0.1) is 0 Å². The van der Waals surface area contributed by atoms with Gasteiger partial charge < -0.3 is 10.6 Å². The number of pyridine rings is 1. The Bertz CT molecular complexity index is 1570. The van der Waals surface area contributed by atoms with Gasteiger partial charge in [0.1, 0.15) is 5.39 Å². The van der Waals surface area contributed by atoms with Gasteiger partial charge in [0.25, 0.3) is 5.56 Å². The van der Waals surface area contributed by atoms with Gasteiger partial charge in [-0.2, -0.15) is 4.98 Å². The Kier molecular flexibility index (Phi) is 4.52. The normalized spacial score (nSPS) is 19.0. The van der Waals surface area contributed by atoms with E-state index in [0.29, 0.717) is 28.2 Å². The molecule has 3 aromatic heterocycles. The van der Waals surface area contributed by atoms with E-state index in [-0.39, 0.29) is 17.0 Å². The first kappa shape index (κ1) is 21.7. The van der Waals surface area contributed by atoms with Crippen molar-refractivity contribution in [2.75, 3.05) is 11.9 Å². The van der Waals surface area contributed by atoms with E-state index in [0.717, 1.165) is 37.3 Å². The van der Waals surface area contributed by atoms with Gasteiger partial charge in [-0.1, -0.05) is 19.1 Å². The third kappa shape index (κ3) is 3.31. The van der Waals surface area contributed by atoms with E-state index in [9.17, 15) is 4.79 Å². The molecule has 8 heteroatoms. The zero-order chi connectivity index (χ0) is 24.7. The first-order chi connectivity index (χ1) is 17.4. The van der Waals surface area contributed by atoms with Crippen LogP contribution in [0.4, 0.5) is 11.6 Å². The number of aromatic nitrogens is 5. The lowest BCUT2D eigenvalue weighted by molar-refractivity contribution is 0.471. The van der Waals surface area contributed by atoms with Gasteiger partial charge in [-0.05, 0) is 74.9 Å². The molecule has 1 spiro atoms. The molecule has 2 N–H and O–H groups in total. The lowest BCUT2D eigenvalue weighted by atomic mass is 9.88. The summed E-state index contributed by atoms with van der Waals surface area (Å²) in [5.74, 6) is 1.17. The van der Waals surface area contributed by atoms with Gasteiger partial charge in [-0.3, -0.25) is 4.79 Å². The minimum atomic E-state index is -0.106. The summed E-state index contributed by atoms with van der Waals surface area (Å²) in [7, 11) is 0. The zero-order valence-electron chi connectivity index (χ0n) is 21.0. The monoisotopic (exact) mass is 481 g/mol. The van der Waals surface area contributed by atoms with E-state index in [4.69, 9.17) is 9.97 Å². The van der Waals surface area contributed by atoms with Gasteiger partial charge in [-0.25, -0.2) is 19.3 Å². The van der Waals surface area contributed by atoms with Crippen LogP contribution in [0.1, 0.15) is 69.3 Å². The summed E-state index contributed by atoms with van der Waals surface area (Å²) in [4.78, 5) is 27.7. The molecule has 2 aliphatic carbocycles. The molecule has 1 aliphatic heterocycles. The van der Waals surface area contributed by atoms with E-state index in [1.807, 2.05) is 30.7 Å².